The monoisotopic (exact) mass is 307 g/mol. The Kier molecular flexibility index (Phi) is 4.10. The van der Waals surface area contributed by atoms with E-state index in [9.17, 15) is 9.59 Å². The summed E-state index contributed by atoms with van der Waals surface area (Å²) in [6.45, 7) is 1.95. The largest absolute Gasteiger partial charge is 0.360 e. The Labute approximate surface area is 133 Å². The van der Waals surface area contributed by atoms with Crippen LogP contribution in [0.4, 0.5) is 0 Å². The molecule has 1 aromatic heterocycles. The Morgan fingerprint density at radius 1 is 1.00 bits per heavy atom. The molecule has 116 valence electrons. The Hall–Kier alpha value is -3.08. The summed E-state index contributed by atoms with van der Waals surface area (Å²) < 4.78 is 0. The van der Waals surface area contributed by atoms with Gasteiger partial charge in [0, 0.05) is 17.1 Å². The van der Waals surface area contributed by atoms with Gasteiger partial charge in [-0.25, -0.2) is 0 Å². The minimum absolute atomic E-state index is 0.223. The van der Waals surface area contributed by atoms with Crippen molar-refractivity contribution in [2.24, 2.45) is 0 Å². The second-order valence-electron chi connectivity index (χ2n) is 5.35. The third kappa shape index (κ3) is 3.23. The van der Waals surface area contributed by atoms with Crippen molar-refractivity contribution < 1.29 is 9.59 Å². The number of carbonyl (C=O) groups is 2. The van der Waals surface area contributed by atoms with E-state index in [2.05, 4.69) is 15.8 Å². The van der Waals surface area contributed by atoms with Crippen LogP contribution in [0.5, 0.6) is 0 Å². The fourth-order valence-electron chi connectivity index (χ4n) is 2.48. The number of rotatable bonds is 3. The molecule has 5 heteroatoms. The van der Waals surface area contributed by atoms with Gasteiger partial charge in [-0.05, 0) is 24.1 Å². The molecule has 3 N–H and O–H groups in total. The summed E-state index contributed by atoms with van der Waals surface area (Å²) in [7, 11) is 0. The van der Waals surface area contributed by atoms with Gasteiger partial charge in [0.2, 0.25) is 5.91 Å². The minimum atomic E-state index is -0.347. The van der Waals surface area contributed by atoms with Crippen LogP contribution >= 0.6 is 0 Å². The van der Waals surface area contributed by atoms with Crippen LogP contribution in [-0.2, 0) is 11.2 Å². The van der Waals surface area contributed by atoms with Crippen molar-refractivity contribution >= 4 is 22.7 Å². The lowest BCUT2D eigenvalue weighted by molar-refractivity contribution is -0.121. The predicted molar refractivity (Wildman–Crippen MR) is 88.8 cm³/mol. The van der Waals surface area contributed by atoms with Crippen LogP contribution in [0.1, 0.15) is 21.5 Å². The van der Waals surface area contributed by atoms with E-state index >= 15 is 0 Å². The van der Waals surface area contributed by atoms with Crippen molar-refractivity contribution in [3.05, 3.63) is 71.4 Å². The molecule has 0 saturated heterocycles. The quantitative estimate of drug-likeness (QED) is 0.650. The number of hydrogen-bond acceptors (Lipinski definition) is 2. The Morgan fingerprint density at radius 3 is 2.57 bits per heavy atom. The standard InChI is InChI=1S/C18H17N3O2/c1-12-6-2-3-7-13(12)10-17(22)20-21-18(23)15-11-19-16-9-5-4-8-14(15)16/h2-9,11,19H,10H2,1H3,(H,20,22)(H,21,23). The third-order valence-electron chi connectivity index (χ3n) is 3.76. The number of carbonyl (C=O) groups excluding carboxylic acids is 2. The molecule has 0 saturated carbocycles. The van der Waals surface area contributed by atoms with Gasteiger partial charge in [0.15, 0.2) is 0 Å². The molecule has 0 aliphatic carbocycles. The smallest absolute Gasteiger partial charge is 0.271 e. The number of para-hydroxylation sites is 1. The maximum atomic E-state index is 12.2. The maximum Gasteiger partial charge on any atom is 0.271 e. The number of benzene rings is 2. The highest BCUT2D eigenvalue weighted by atomic mass is 16.2. The van der Waals surface area contributed by atoms with Crippen LogP contribution in [0.3, 0.4) is 0 Å². The van der Waals surface area contributed by atoms with E-state index < -0.39 is 0 Å². The van der Waals surface area contributed by atoms with E-state index in [1.54, 1.807) is 6.20 Å². The second kappa shape index (κ2) is 6.36. The van der Waals surface area contributed by atoms with Crippen LogP contribution in [0.15, 0.2) is 54.7 Å². The summed E-state index contributed by atoms with van der Waals surface area (Å²) in [4.78, 5) is 27.2. The van der Waals surface area contributed by atoms with E-state index in [4.69, 9.17) is 0 Å². The molecule has 3 aromatic rings. The topological polar surface area (TPSA) is 74.0 Å². The van der Waals surface area contributed by atoms with Crippen LogP contribution < -0.4 is 10.9 Å². The molecule has 23 heavy (non-hydrogen) atoms. The SMILES string of the molecule is Cc1ccccc1CC(=O)NNC(=O)c1c[nH]c2ccccc12. The summed E-state index contributed by atoms with van der Waals surface area (Å²) in [5.74, 6) is -0.604. The zero-order valence-corrected chi connectivity index (χ0v) is 12.7. The third-order valence-corrected chi connectivity index (χ3v) is 3.76. The highest BCUT2D eigenvalue weighted by Crippen LogP contribution is 2.17. The maximum absolute atomic E-state index is 12.2. The molecule has 2 aromatic carbocycles. The van der Waals surface area contributed by atoms with Crippen molar-refractivity contribution in [3.8, 4) is 0 Å². The van der Waals surface area contributed by atoms with E-state index in [1.807, 2.05) is 55.5 Å². The zero-order chi connectivity index (χ0) is 16.2. The molecule has 0 spiro atoms. The van der Waals surface area contributed by atoms with E-state index in [0.29, 0.717) is 5.56 Å². The van der Waals surface area contributed by atoms with Crippen molar-refractivity contribution in [1.82, 2.24) is 15.8 Å². The molecule has 0 aliphatic rings. The average Bonchev–Trinajstić information content (AvgIpc) is 2.99. The minimum Gasteiger partial charge on any atom is -0.360 e. The number of hydrogen-bond donors (Lipinski definition) is 3. The normalized spacial score (nSPS) is 10.5. The highest BCUT2D eigenvalue weighted by molar-refractivity contribution is 6.07. The molecule has 0 unspecified atom stereocenters. The summed E-state index contributed by atoms with van der Waals surface area (Å²) in [5, 5.41) is 0.818. The second-order valence-corrected chi connectivity index (χ2v) is 5.35. The first kappa shape index (κ1) is 14.8. The number of amides is 2. The molecule has 1 heterocycles. The van der Waals surface area contributed by atoms with Crippen LogP contribution in [0, 0.1) is 6.92 Å². The number of nitrogens with one attached hydrogen (secondary N) is 3. The van der Waals surface area contributed by atoms with Crippen LogP contribution in [0.2, 0.25) is 0 Å². The fourth-order valence-corrected chi connectivity index (χ4v) is 2.48. The van der Waals surface area contributed by atoms with Crippen molar-refractivity contribution in [2.75, 3.05) is 0 Å². The van der Waals surface area contributed by atoms with E-state index in [1.165, 1.54) is 0 Å². The Balaban J connectivity index is 1.63. The average molecular weight is 307 g/mol. The van der Waals surface area contributed by atoms with Crippen molar-refractivity contribution in [3.63, 3.8) is 0 Å². The van der Waals surface area contributed by atoms with Gasteiger partial charge in [-0.2, -0.15) is 0 Å². The van der Waals surface area contributed by atoms with Gasteiger partial charge in [0.25, 0.3) is 5.91 Å². The van der Waals surface area contributed by atoms with Crippen LogP contribution in [0.25, 0.3) is 10.9 Å². The van der Waals surface area contributed by atoms with Gasteiger partial charge in [-0.1, -0.05) is 42.5 Å². The van der Waals surface area contributed by atoms with Gasteiger partial charge in [-0.3, -0.25) is 20.4 Å². The van der Waals surface area contributed by atoms with E-state index in [0.717, 1.165) is 22.0 Å². The number of aryl methyl sites for hydroxylation is 1. The first-order valence-corrected chi connectivity index (χ1v) is 7.35. The van der Waals surface area contributed by atoms with Crippen molar-refractivity contribution in [2.45, 2.75) is 13.3 Å². The molecule has 0 bridgehead atoms. The molecular weight excluding hydrogens is 290 g/mol. The number of H-pyrrole nitrogens is 1. The Bertz CT molecular complexity index is 867. The number of aromatic nitrogens is 1. The van der Waals surface area contributed by atoms with Crippen molar-refractivity contribution in [1.29, 1.82) is 0 Å². The van der Waals surface area contributed by atoms with Gasteiger partial charge in [-0.15, -0.1) is 0 Å². The summed E-state index contributed by atoms with van der Waals surface area (Å²) in [6.07, 6.45) is 1.86. The fraction of sp³-hybridized carbons (Fsp3) is 0.111. The molecule has 2 amide bonds. The summed E-state index contributed by atoms with van der Waals surface area (Å²) >= 11 is 0. The number of aromatic amines is 1. The molecular formula is C18H17N3O2. The molecule has 0 aliphatic heterocycles. The summed E-state index contributed by atoms with van der Waals surface area (Å²) in [6, 6.07) is 15.2. The predicted octanol–water partition coefficient (Wildman–Crippen LogP) is 2.48. The molecule has 5 nitrogen and oxygen atoms in total. The van der Waals surface area contributed by atoms with Gasteiger partial charge in [0.1, 0.15) is 0 Å². The lowest BCUT2D eigenvalue weighted by Gasteiger charge is -2.08. The van der Waals surface area contributed by atoms with Crippen LogP contribution in [-0.4, -0.2) is 16.8 Å². The lowest BCUT2D eigenvalue weighted by Crippen LogP contribution is -2.42. The molecule has 0 radical (unpaired) electrons. The summed E-state index contributed by atoms with van der Waals surface area (Å²) in [5.41, 5.74) is 8.28. The first-order chi connectivity index (χ1) is 11.1. The lowest BCUT2D eigenvalue weighted by atomic mass is 10.1. The van der Waals surface area contributed by atoms with Gasteiger partial charge < -0.3 is 4.98 Å². The molecule has 3 rings (SSSR count). The highest BCUT2D eigenvalue weighted by Gasteiger charge is 2.12. The zero-order valence-electron chi connectivity index (χ0n) is 12.7. The molecule has 0 fully saturated rings. The number of fused-ring (bicyclic) bond motifs is 1. The first-order valence-electron chi connectivity index (χ1n) is 7.35. The number of hydrazine groups is 1. The Morgan fingerprint density at radius 2 is 1.74 bits per heavy atom. The van der Waals surface area contributed by atoms with E-state index in [-0.39, 0.29) is 18.2 Å². The van der Waals surface area contributed by atoms with Gasteiger partial charge in [0.05, 0.1) is 12.0 Å². The molecule has 0 atom stereocenters. The van der Waals surface area contributed by atoms with Gasteiger partial charge >= 0.3 is 0 Å².